The van der Waals surface area contributed by atoms with Crippen LogP contribution in [0, 0.1) is 45.3 Å². The lowest BCUT2D eigenvalue weighted by molar-refractivity contribution is -0.383. The minimum atomic E-state index is -1.73. The van der Waals surface area contributed by atoms with Crippen molar-refractivity contribution in [1.29, 1.82) is 0 Å². The van der Waals surface area contributed by atoms with E-state index in [-0.39, 0.29) is 53.8 Å². The summed E-state index contributed by atoms with van der Waals surface area (Å²) in [7, 11) is 0. The fourth-order valence-corrected chi connectivity index (χ4v) is 14.5. The zero-order valence-electron chi connectivity index (χ0n) is 37.8. The standard InChI is InChI=1S/C46H74O17/c1-21(2)16-23-17-46(56,41(55)60-23)25-10-13-43(6)24(25)8-9-29-44(43,7)14-11-28-42(4,5)30(12-15-45(28,29)20-47)61-40-37(63-39-35(54)33(52)31(50)22(3)59-39)36(27(49)19-58-40)62-38-34(53)32(51)26(48)18-57-38/h16,20,22-41,48-56H,8-15,17-19H2,1-7H3/t22-,23-,24-,25-,26+,27+,28+,29+,30+,31+,32+,33+,34+,35+,36+,37+,38+,39+,40+,41+,43-,44+,45+,46+/m1/s1. The molecule has 0 bridgehead atoms. The molecular weight excluding hydrogens is 824 g/mol. The molecule has 360 valence electrons. The molecule has 8 fully saturated rings. The van der Waals surface area contributed by atoms with Crippen LogP contribution in [0.15, 0.2) is 11.6 Å². The summed E-state index contributed by atoms with van der Waals surface area (Å²) in [5.41, 5.74) is -2.02. The van der Waals surface area contributed by atoms with Crippen molar-refractivity contribution < 1.29 is 83.9 Å². The lowest BCUT2D eigenvalue weighted by Gasteiger charge is -2.69. The number of allylic oxidation sites excluding steroid dienone is 1. The van der Waals surface area contributed by atoms with Crippen LogP contribution in [0.25, 0.3) is 0 Å². The van der Waals surface area contributed by atoms with Gasteiger partial charge in [0.15, 0.2) is 25.2 Å². The third-order valence-electron chi connectivity index (χ3n) is 18.1. The first-order valence-corrected chi connectivity index (χ1v) is 23.3. The van der Waals surface area contributed by atoms with Crippen molar-refractivity contribution in [2.24, 2.45) is 45.3 Å². The van der Waals surface area contributed by atoms with Crippen molar-refractivity contribution in [3.8, 4) is 0 Å². The van der Waals surface area contributed by atoms with Gasteiger partial charge in [0.2, 0.25) is 0 Å². The molecule has 0 amide bonds. The zero-order chi connectivity index (χ0) is 45.8. The van der Waals surface area contributed by atoms with Crippen LogP contribution < -0.4 is 0 Å². The largest absolute Gasteiger partial charge is 0.388 e. The van der Waals surface area contributed by atoms with Crippen LogP contribution in [-0.2, 0) is 38.0 Å². The van der Waals surface area contributed by atoms with Gasteiger partial charge in [-0.1, -0.05) is 39.3 Å². The summed E-state index contributed by atoms with van der Waals surface area (Å²) in [5.74, 6) is -0.0527. The lowest BCUT2D eigenvalue weighted by Crippen LogP contribution is -2.67. The van der Waals surface area contributed by atoms with Crippen LogP contribution >= 0.6 is 0 Å². The summed E-state index contributed by atoms with van der Waals surface area (Å²) < 4.78 is 42.7. The fourth-order valence-electron chi connectivity index (χ4n) is 14.5. The van der Waals surface area contributed by atoms with E-state index in [1.807, 2.05) is 19.9 Å². The van der Waals surface area contributed by atoms with Gasteiger partial charge in [-0.25, -0.2) is 0 Å². The van der Waals surface area contributed by atoms with Gasteiger partial charge in [-0.2, -0.15) is 0 Å². The molecule has 0 aromatic carbocycles. The number of aldehydes is 1. The summed E-state index contributed by atoms with van der Waals surface area (Å²) >= 11 is 0. The Morgan fingerprint density at radius 2 is 1.29 bits per heavy atom. The molecule has 0 aromatic heterocycles. The van der Waals surface area contributed by atoms with Gasteiger partial charge in [-0.3, -0.25) is 0 Å². The van der Waals surface area contributed by atoms with E-state index < -0.39 is 109 Å². The molecule has 8 rings (SSSR count). The van der Waals surface area contributed by atoms with E-state index in [0.29, 0.717) is 19.3 Å². The van der Waals surface area contributed by atoms with E-state index in [0.717, 1.165) is 44.1 Å². The number of ether oxygens (including phenoxy) is 7. The Labute approximate surface area is 370 Å². The first-order chi connectivity index (χ1) is 29.5. The zero-order valence-corrected chi connectivity index (χ0v) is 37.8. The van der Waals surface area contributed by atoms with Crippen molar-refractivity contribution in [1.82, 2.24) is 0 Å². The van der Waals surface area contributed by atoms with E-state index >= 15 is 0 Å². The minimum absolute atomic E-state index is 0.0544. The number of hydrogen-bond acceptors (Lipinski definition) is 17. The van der Waals surface area contributed by atoms with Crippen molar-refractivity contribution in [3.63, 3.8) is 0 Å². The Bertz CT molecular complexity index is 1680. The van der Waals surface area contributed by atoms with Gasteiger partial charge >= 0.3 is 0 Å². The Hall–Kier alpha value is -1.23. The Balaban J connectivity index is 1.04. The monoisotopic (exact) mass is 898 g/mol. The van der Waals surface area contributed by atoms with Crippen LogP contribution in [0.5, 0.6) is 0 Å². The van der Waals surface area contributed by atoms with Crippen molar-refractivity contribution >= 4 is 6.29 Å². The third-order valence-corrected chi connectivity index (χ3v) is 18.1. The second-order valence-corrected chi connectivity index (χ2v) is 21.9. The molecule has 17 nitrogen and oxygen atoms in total. The molecule has 9 N–H and O–H groups in total. The smallest absolute Gasteiger partial charge is 0.187 e. The molecule has 63 heavy (non-hydrogen) atoms. The number of aliphatic hydroxyl groups excluding tert-OH is 8. The number of fused-ring (bicyclic) bond motifs is 5. The van der Waals surface area contributed by atoms with Gasteiger partial charge in [-0.15, -0.1) is 0 Å². The normalized spacial score (nSPS) is 55.6. The summed E-state index contributed by atoms with van der Waals surface area (Å²) in [6.45, 7) is 13.7. The van der Waals surface area contributed by atoms with E-state index in [4.69, 9.17) is 33.2 Å². The van der Waals surface area contributed by atoms with E-state index in [9.17, 15) is 50.8 Å². The first kappa shape index (κ1) is 48.2. The predicted molar refractivity (Wildman–Crippen MR) is 220 cm³/mol. The van der Waals surface area contributed by atoms with E-state index in [1.165, 1.54) is 13.2 Å². The molecule has 4 aliphatic carbocycles. The van der Waals surface area contributed by atoms with E-state index in [1.54, 1.807) is 0 Å². The van der Waals surface area contributed by atoms with Crippen LogP contribution in [0.2, 0.25) is 0 Å². The highest BCUT2D eigenvalue weighted by atomic mass is 16.8. The SMILES string of the molecule is CC(C)=C[C@@H]1C[C@](O)([C@@H]2CC[C@]3(C)[C@@H]2CC[C@@H]2[C@]4(C=O)CC[C@H](O[C@@H]5OC[C@H](O)[C@H](O[C@@H]6OC[C@H](O)[C@H](O)[C@@H]6O)[C@@H]5O[C@@H]5O[C@H](C)[C@H](O)[C@H](O)[C@@H]5O)C(C)(C)[C@@H]4CC[C@@]23C)[C@@H](O)O1. The second-order valence-electron chi connectivity index (χ2n) is 21.9. The summed E-state index contributed by atoms with van der Waals surface area (Å²) in [4.78, 5) is 13.9. The maximum atomic E-state index is 13.9. The number of rotatable bonds is 9. The predicted octanol–water partition coefficient (Wildman–Crippen LogP) is 0.794. The van der Waals surface area contributed by atoms with Crippen LogP contribution in [-0.4, -0.2) is 169 Å². The maximum Gasteiger partial charge on any atom is 0.187 e. The number of aliphatic hydroxyl groups is 9. The minimum Gasteiger partial charge on any atom is -0.388 e. The molecule has 0 radical (unpaired) electrons. The molecule has 8 aliphatic rings. The maximum absolute atomic E-state index is 13.9. The molecule has 4 heterocycles. The van der Waals surface area contributed by atoms with Gasteiger partial charge < -0.3 is 83.9 Å². The Morgan fingerprint density at radius 3 is 1.98 bits per heavy atom. The topological polar surface area (TPSA) is 264 Å². The quantitative estimate of drug-likeness (QED) is 0.0881. The summed E-state index contributed by atoms with van der Waals surface area (Å²) in [5, 5.41) is 98.1. The molecule has 24 atom stereocenters. The van der Waals surface area contributed by atoms with Crippen LogP contribution in [0.3, 0.4) is 0 Å². The molecule has 0 unspecified atom stereocenters. The van der Waals surface area contributed by atoms with E-state index in [2.05, 4.69) is 27.7 Å². The van der Waals surface area contributed by atoms with Gasteiger partial charge in [-0.05, 0) is 112 Å². The molecule has 4 saturated carbocycles. The molecule has 4 aliphatic heterocycles. The summed E-state index contributed by atoms with van der Waals surface area (Å²) in [6, 6.07) is 0. The van der Waals surface area contributed by atoms with Crippen LogP contribution in [0.4, 0.5) is 0 Å². The van der Waals surface area contributed by atoms with Gasteiger partial charge in [0.05, 0.1) is 31.5 Å². The molecule has 0 aromatic rings. The number of hydrogen-bond donors (Lipinski definition) is 9. The Morgan fingerprint density at radius 1 is 0.635 bits per heavy atom. The number of carbonyl (C=O) groups excluding carboxylic acids is 1. The van der Waals surface area contributed by atoms with Crippen molar-refractivity contribution in [2.75, 3.05) is 13.2 Å². The van der Waals surface area contributed by atoms with Crippen molar-refractivity contribution in [3.05, 3.63) is 11.6 Å². The summed E-state index contributed by atoms with van der Waals surface area (Å²) in [6.07, 6.45) is -11.7. The Kier molecular flexibility index (Phi) is 13.3. The van der Waals surface area contributed by atoms with Gasteiger partial charge in [0, 0.05) is 11.8 Å². The fraction of sp³-hybridized carbons (Fsp3) is 0.935. The average Bonchev–Trinajstić information content (AvgIpc) is 3.73. The highest BCUT2D eigenvalue weighted by Gasteiger charge is 2.72. The number of carbonyl (C=O) groups is 1. The highest BCUT2D eigenvalue weighted by Crippen LogP contribution is 2.76. The van der Waals surface area contributed by atoms with Crippen LogP contribution in [0.1, 0.15) is 106 Å². The third kappa shape index (κ3) is 7.73. The van der Waals surface area contributed by atoms with Gasteiger partial charge in [0.25, 0.3) is 0 Å². The highest BCUT2D eigenvalue weighted by molar-refractivity contribution is 5.62. The molecule has 4 saturated heterocycles. The molecular formula is C46H74O17. The molecule has 17 heteroatoms. The first-order valence-electron chi connectivity index (χ1n) is 23.3. The van der Waals surface area contributed by atoms with Gasteiger partial charge in [0.1, 0.15) is 66.8 Å². The molecule has 0 spiro atoms. The average molecular weight is 899 g/mol. The van der Waals surface area contributed by atoms with Crippen molar-refractivity contribution in [2.45, 2.75) is 210 Å². The lowest BCUT2D eigenvalue weighted by atomic mass is 9.35. The second kappa shape index (κ2) is 17.4.